The second-order valence-electron chi connectivity index (χ2n) is 4.90. The summed E-state index contributed by atoms with van der Waals surface area (Å²) in [5.41, 5.74) is 2.43. The quantitative estimate of drug-likeness (QED) is 0.277. The smallest absolute Gasteiger partial charge is 0.191 e. The summed E-state index contributed by atoms with van der Waals surface area (Å²) in [6.45, 7) is 4.74. The van der Waals surface area contributed by atoms with Crippen LogP contribution in [0.3, 0.4) is 0 Å². The summed E-state index contributed by atoms with van der Waals surface area (Å²) >= 11 is 1.71. The molecule has 23 heavy (non-hydrogen) atoms. The minimum Gasteiger partial charge on any atom is -0.355 e. The molecule has 0 heterocycles. The SMILES string of the molecule is CCS(=O)(=O)CCNC(=NC)NCc1ccc(C)cc1SC.I. The molecule has 0 bridgehead atoms. The number of sulfone groups is 1. The Hall–Kier alpha value is -0.480. The van der Waals surface area contributed by atoms with E-state index in [-0.39, 0.29) is 35.5 Å². The number of benzene rings is 1. The molecule has 0 radical (unpaired) electrons. The summed E-state index contributed by atoms with van der Waals surface area (Å²) < 4.78 is 22.9. The van der Waals surface area contributed by atoms with E-state index in [1.54, 1.807) is 25.7 Å². The summed E-state index contributed by atoms with van der Waals surface area (Å²) in [5.74, 6) is 0.894. The third kappa shape index (κ3) is 8.25. The summed E-state index contributed by atoms with van der Waals surface area (Å²) in [7, 11) is -1.28. The molecule has 0 atom stereocenters. The molecule has 0 unspecified atom stereocenters. The van der Waals surface area contributed by atoms with Gasteiger partial charge in [0.25, 0.3) is 0 Å². The first-order valence-corrected chi connectivity index (χ1v) is 10.2. The summed E-state index contributed by atoms with van der Waals surface area (Å²) in [5, 5.41) is 6.25. The molecule has 0 spiro atoms. The number of nitrogens with one attached hydrogen (secondary N) is 2. The minimum absolute atomic E-state index is 0. The molecule has 0 saturated carbocycles. The molecule has 0 aliphatic rings. The predicted octanol–water partition coefficient (Wildman–Crippen LogP) is 2.43. The summed E-state index contributed by atoms with van der Waals surface area (Å²) in [6, 6.07) is 6.34. The van der Waals surface area contributed by atoms with Gasteiger partial charge in [0.05, 0.1) is 5.75 Å². The van der Waals surface area contributed by atoms with Crippen LogP contribution < -0.4 is 10.6 Å². The first kappa shape index (κ1) is 22.5. The van der Waals surface area contributed by atoms with Crippen molar-refractivity contribution in [1.82, 2.24) is 10.6 Å². The van der Waals surface area contributed by atoms with Gasteiger partial charge in [-0.3, -0.25) is 4.99 Å². The van der Waals surface area contributed by atoms with Crippen LogP contribution in [0.4, 0.5) is 0 Å². The van der Waals surface area contributed by atoms with Gasteiger partial charge in [-0.05, 0) is 30.4 Å². The monoisotopic (exact) mass is 471 g/mol. The maximum atomic E-state index is 11.5. The third-order valence-electron chi connectivity index (χ3n) is 3.26. The minimum atomic E-state index is -2.95. The zero-order chi connectivity index (χ0) is 16.6. The fraction of sp³-hybridized carbons (Fsp3) is 0.533. The van der Waals surface area contributed by atoms with E-state index in [9.17, 15) is 8.42 Å². The van der Waals surface area contributed by atoms with Gasteiger partial charge in [-0.1, -0.05) is 19.1 Å². The van der Waals surface area contributed by atoms with Crippen molar-refractivity contribution in [2.75, 3.05) is 31.4 Å². The highest BCUT2D eigenvalue weighted by Crippen LogP contribution is 2.21. The molecule has 1 aromatic carbocycles. The van der Waals surface area contributed by atoms with E-state index in [4.69, 9.17) is 0 Å². The fourth-order valence-electron chi connectivity index (χ4n) is 1.87. The summed E-state index contributed by atoms with van der Waals surface area (Å²) in [4.78, 5) is 5.35. The van der Waals surface area contributed by atoms with Crippen molar-refractivity contribution >= 4 is 51.5 Å². The number of guanidine groups is 1. The number of aryl methyl sites for hydroxylation is 1. The van der Waals surface area contributed by atoms with Crippen LogP contribution in [0.2, 0.25) is 0 Å². The predicted molar refractivity (Wildman–Crippen MR) is 111 cm³/mol. The number of thioether (sulfide) groups is 1. The molecule has 0 aliphatic heterocycles. The first-order valence-electron chi connectivity index (χ1n) is 7.20. The van der Waals surface area contributed by atoms with Crippen LogP contribution in [0.1, 0.15) is 18.1 Å². The number of hydrogen-bond donors (Lipinski definition) is 2. The van der Waals surface area contributed by atoms with E-state index < -0.39 is 9.84 Å². The Morgan fingerprint density at radius 1 is 1.30 bits per heavy atom. The molecular weight excluding hydrogens is 445 g/mol. The Morgan fingerprint density at radius 3 is 2.57 bits per heavy atom. The highest BCUT2D eigenvalue weighted by atomic mass is 127. The fourth-order valence-corrected chi connectivity index (χ4v) is 3.27. The molecule has 0 amide bonds. The number of nitrogens with zero attached hydrogens (tertiary/aromatic N) is 1. The molecule has 0 aliphatic carbocycles. The van der Waals surface area contributed by atoms with Gasteiger partial charge in [0.2, 0.25) is 0 Å². The van der Waals surface area contributed by atoms with Gasteiger partial charge in [-0.15, -0.1) is 35.7 Å². The molecule has 1 rings (SSSR count). The zero-order valence-corrected chi connectivity index (χ0v) is 18.0. The highest BCUT2D eigenvalue weighted by molar-refractivity contribution is 14.0. The van der Waals surface area contributed by atoms with Crippen LogP contribution in [-0.2, 0) is 16.4 Å². The van der Waals surface area contributed by atoms with E-state index >= 15 is 0 Å². The number of aliphatic imine (C=N–C) groups is 1. The Labute approximate surface area is 161 Å². The van der Waals surface area contributed by atoms with Gasteiger partial charge >= 0.3 is 0 Å². The maximum Gasteiger partial charge on any atom is 0.191 e. The molecule has 0 aromatic heterocycles. The lowest BCUT2D eigenvalue weighted by atomic mass is 10.1. The average Bonchev–Trinajstić information content (AvgIpc) is 2.51. The van der Waals surface area contributed by atoms with Crippen molar-refractivity contribution in [1.29, 1.82) is 0 Å². The van der Waals surface area contributed by atoms with Crippen molar-refractivity contribution < 1.29 is 8.42 Å². The van der Waals surface area contributed by atoms with Crippen LogP contribution in [-0.4, -0.2) is 45.7 Å². The molecule has 0 saturated heterocycles. The lowest BCUT2D eigenvalue weighted by Gasteiger charge is -2.14. The molecule has 5 nitrogen and oxygen atoms in total. The van der Waals surface area contributed by atoms with Crippen LogP contribution in [0, 0.1) is 6.92 Å². The van der Waals surface area contributed by atoms with E-state index in [1.807, 2.05) is 0 Å². The molecular formula is C15H26IN3O2S2. The second-order valence-corrected chi connectivity index (χ2v) is 8.23. The molecule has 132 valence electrons. The van der Waals surface area contributed by atoms with E-state index in [1.165, 1.54) is 16.0 Å². The van der Waals surface area contributed by atoms with Crippen molar-refractivity contribution in [3.05, 3.63) is 29.3 Å². The van der Waals surface area contributed by atoms with Crippen molar-refractivity contribution in [3.63, 3.8) is 0 Å². The first-order chi connectivity index (χ1) is 10.4. The Bertz CT molecular complexity index is 619. The highest BCUT2D eigenvalue weighted by Gasteiger charge is 2.08. The Balaban J connectivity index is 0.00000484. The number of halogens is 1. The van der Waals surface area contributed by atoms with Crippen LogP contribution in [0.5, 0.6) is 0 Å². The standard InChI is InChI=1S/C15H25N3O2S2.HI/c1-5-22(19,20)9-8-17-15(16-3)18-11-13-7-6-12(2)10-14(13)21-4;/h6-7,10H,5,8-9,11H2,1-4H3,(H2,16,17,18);1H. The normalized spacial score (nSPS) is 11.7. The molecule has 8 heteroatoms. The maximum absolute atomic E-state index is 11.5. The Morgan fingerprint density at radius 2 is 2.00 bits per heavy atom. The van der Waals surface area contributed by atoms with E-state index in [0.29, 0.717) is 19.0 Å². The Kier molecular flexibility index (Phi) is 10.9. The lowest BCUT2D eigenvalue weighted by molar-refractivity contribution is 0.595. The third-order valence-corrected chi connectivity index (χ3v) is 5.78. The van der Waals surface area contributed by atoms with Gasteiger partial charge in [-0.25, -0.2) is 8.42 Å². The van der Waals surface area contributed by atoms with Gasteiger partial charge in [0.15, 0.2) is 15.8 Å². The van der Waals surface area contributed by atoms with Crippen molar-refractivity contribution in [2.24, 2.45) is 4.99 Å². The van der Waals surface area contributed by atoms with E-state index in [2.05, 4.69) is 47.0 Å². The van der Waals surface area contributed by atoms with Crippen LogP contribution in [0.25, 0.3) is 0 Å². The second kappa shape index (κ2) is 11.1. The molecule has 2 N–H and O–H groups in total. The number of hydrogen-bond acceptors (Lipinski definition) is 4. The number of rotatable bonds is 7. The van der Waals surface area contributed by atoms with Gasteiger partial charge in [0.1, 0.15) is 0 Å². The van der Waals surface area contributed by atoms with Crippen LogP contribution >= 0.6 is 35.7 Å². The van der Waals surface area contributed by atoms with Crippen molar-refractivity contribution in [3.8, 4) is 0 Å². The zero-order valence-electron chi connectivity index (χ0n) is 14.0. The summed E-state index contributed by atoms with van der Waals surface area (Å²) in [6.07, 6.45) is 2.06. The van der Waals surface area contributed by atoms with Gasteiger partial charge in [0, 0.05) is 30.8 Å². The molecule has 0 fully saturated rings. The van der Waals surface area contributed by atoms with Crippen molar-refractivity contribution in [2.45, 2.75) is 25.3 Å². The lowest BCUT2D eigenvalue weighted by Crippen LogP contribution is -2.39. The van der Waals surface area contributed by atoms with Crippen LogP contribution in [0.15, 0.2) is 28.1 Å². The average molecular weight is 471 g/mol. The topological polar surface area (TPSA) is 70.6 Å². The molecule has 1 aromatic rings. The van der Waals surface area contributed by atoms with E-state index in [0.717, 1.165) is 0 Å². The van der Waals surface area contributed by atoms with Gasteiger partial charge < -0.3 is 10.6 Å². The van der Waals surface area contributed by atoms with Gasteiger partial charge in [-0.2, -0.15) is 0 Å². The largest absolute Gasteiger partial charge is 0.355 e.